The van der Waals surface area contributed by atoms with E-state index in [4.69, 9.17) is 0 Å². The van der Waals surface area contributed by atoms with Crippen LogP contribution in [0.25, 0.3) is 0 Å². The first-order chi connectivity index (χ1) is 8.90. The fraction of sp³-hybridized carbons (Fsp3) is 0.417. The molecule has 7 heteroatoms. The van der Waals surface area contributed by atoms with Gasteiger partial charge in [-0.15, -0.1) is 13.2 Å². The lowest BCUT2D eigenvalue weighted by atomic mass is 10.0. The molecule has 1 saturated heterocycles. The first-order valence-corrected chi connectivity index (χ1v) is 5.61. The van der Waals surface area contributed by atoms with Crippen LogP contribution >= 0.6 is 0 Å². The summed E-state index contributed by atoms with van der Waals surface area (Å²) in [5.41, 5.74) is 0.663. The number of nitrogens with zero attached hydrogens (tertiary/aromatic N) is 1. The predicted molar refractivity (Wildman–Crippen MR) is 60.9 cm³/mol. The van der Waals surface area contributed by atoms with Crippen LogP contribution in [0, 0.1) is 0 Å². The van der Waals surface area contributed by atoms with Crippen molar-refractivity contribution in [2.24, 2.45) is 0 Å². The van der Waals surface area contributed by atoms with Gasteiger partial charge in [-0.2, -0.15) is 0 Å². The van der Waals surface area contributed by atoms with Gasteiger partial charge in [0, 0.05) is 12.2 Å². The Labute approximate surface area is 107 Å². The van der Waals surface area contributed by atoms with Gasteiger partial charge in [0.2, 0.25) is 0 Å². The minimum absolute atomic E-state index is 0.286. The summed E-state index contributed by atoms with van der Waals surface area (Å²) < 4.78 is 44.4. The topological polar surface area (TPSA) is 38.8 Å². The maximum Gasteiger partial charge on any atom is 0.573 e. The molecule has 1 aromatic rings. The van der Waals surface area contributed by atoms with Crippen molar-refractivity contribution in [3.8, 4) is 5.75 Å². The first kappa shape index (κ1) is 13.5. The molecule has 1 heterocycles. The quantitative estimate of drug-likeness (QED) is 0.794. The van der Waals surface area contributed by atoms with E-state index < -0.39 is 6.36 Å². The number of alkyl halides is 3. The van der Waals surface area contributed by atoms with E-state index in [2.05, 4.69) is 9.47 Å². The number of benzene rings is 1. The van der Waals surface area contributed by atoms with E-state index in [1.165, 1.54) is 31.4 Å². The molecule has 0 N–H and O–H groups in total. The van der Waals surface area contributed by atoms with E-state index in [0.717, 1.165) is 0 Å². The Hall–Kier alpha value is -1.92. The second-order valence-corrected chi connectivity index (χ2v) is 4.06. The molecular formula is C12H12F3NO3. The number of halogens is 3. The van der Waals surface area contributed by atoms with Crippen molar-refractivity contribution in [3.05, 3.63) is 24.3 Å². The monoisotopic (exact) mass is 275 g/mol. The molecule has 0 aromatic heterocycles. The number of rotatable bonds is 3. The van der Waals surface area contributed by atoms with Crippen molar-refractivity contribution in [3.63, 3.8) is 0 Å². The second kappa shape index (κ2) is 4.99. The smallest absolute Gasteiger partial charge is 0.467 e. The van der Waals surface area contributed by atoms with Crippen LogP contribution in [0.2, 0.25) is 0 Å². The highest BCUT2D eigenvalue weighted by Crippen LogP contribution is 2.30. The maximum atomic E-state index is 12.0. The average Bonchev–Trinajstić information content (AvgIpc) is 2.28. The van der Waals surface area contributed by atoms with Crippen molar-refractivity contribution >= 4 is 11.7 Å². The summed E-state index contributed by atoms with van der Waals surface area (Å²) in [6.07, 6.45) is -4.03. The summed E-state index contributed by atoms with van der Waals surface area (Å²) in [6.45, 7) is 0.666. The van der Waals surface area contributed by atoms with Gasteiger partial charge in [0.25, 0.3) is 0 Å². The molecule has 19 heavy (non-hydrogen) atoms. The molecule has 0 bridgehead atoms. The molecule has 0 saturated carbocycles. The van der Waals surface area contributed by atoms with E-state index in [1.807, 2.05) is 0 Å². The SMILES string of the molecule is COC(=O)C1CCN1c1ccc(OC(F)(F)F)cc1. The Kier molecular flexibility index (Phi) is 3.55. The fourth-order valence-electron chi connectivity index (χ4n) is 1.92. The fourth-order valence-corrected chi connectivity index (χ4v) is 1.92. The molecule has 1 aliphatic heterocycles. The Morgan fingerprint density at radius 3 is 2.37 bits per heavy atom. The lowest BCUT2D eigenvalue weighted by Crippen LogP contribution is -2.53. The number of anilines is 1. The lowest BCUT2D eigenvalue weighted by Gasteiger charge is -2.40. The van der Waals surface area contributed by atoms with Crippen LogP contribution in [0.4, 0.5) is 18.9 Å². The van der Waals surface area contributed by atoms with Gasteiger partial charge in [-0.1, -0.05) is 0 Å². The van der Waals surface area contributed by atoms with E-state index in [9.17, 15) is 18.0 Å². The molecule has 104 valence electrons. The third-order valence-electron chi connectivity index (χ3n) is 2.89. The van der Waals surface area contributed by atoms with Gasteiger partial charge in [0.05, 0.1) is 7.11 Å². The number of hydrogen-bond acceptors (Lipinski definition) is 4. The summed E-state index contributed by atoms with van der Waals surface area (Å²) in [6, 6.07) is 5.04. The summed E-state index contributed by atoms with van der Waals surface area (Å²) in [5.74, 6) is -0.631. The third-order valence-corrected chi connectivity index (χ3v) is 2.89. The van der Waals surface area contributed by atoms with Crippen molar-refractivity contribution in [1.29, 1.82) is 0 Å². The van der Waals surface area contributed by atoms with Crippen LogP contribution in [0.3, 0.4) is 0 Å². The van der Waals surface area contributed by atoms with Crippen LogP contribution in [-0.4, -0.2) is 32.0 Å². The number of ether oxygens (including phenoxy) is 2. The number of methoxy groups -OCH3 is 1. The Morgan fingerprint density at radius 1 is 1.32 bits per heavy atom. The summed E-state index contributed by atoms with van der Waals surface area (Å²) in [7, 11) is 1.30. The number of hydrogen-bond donors (Lipinski definition) is 0. The Bertz CT molecular complexity index is 458. The highest BCUT2D eigenvalue weighted by Gasteiger charge is 2.35. The summed E-state index contributed by atoms with van der Waals surface area (Å²) in [4.78, 5) is 13.2. The predicted octanol–water partition coefficient (Wildman–Crippen LogP) is 2.34. The van der Waals surface area contributed by atoms with Crippen LogP contribution in [0.5, 0.6) is 5.75 Å². The van der Waals surface area contributed by atoms with Crippen molar-refractivity contribution < 1.29 is 27.4 Å². The largest absolute Gasteiger partial charge is 0.573 e. The zero-order valence-electron chi connectivity index (χ0n) is 10.1. The first-order valence-electron chi connectivity index (χ1n) is 5.61. The minimum Gasteiger partial charge on any atom is -0.467 e. The molecule has 0 aliphatic carbocycles. The molecule has 0 spiro atoms. The standard InChI is InChI=1S/C12H12F3NO3/c1-18-11(17)10-6-7-16(10)8-2-4-9(5-3-8)19-12(13,14)15/h2-5,10H,6-7H2,1H3. The van der Waals surface area contributed by atoms with Crippen LogP contribution in [0.15, 0.2) is 24.3 Å². The van der Waals surface area contributed by atoms with Crippen molar-refractivity contribution in [2.45, 2.75) is 18.8 Å². The number of carbonyl (C=O) groups is 1. The second-order valence-electron chi connectivity index (χ2n) is 4.06. The molecular weight excluding hydrogens is 263 g/mol. The molecule has 1 atom stereocenters. The molecule has 0 radical (unpaired) electrons. The van der Waals surface area contributed by atoms with Gasteiger partial charge in [-0.25, -0.2) is 4.79 Å². The van der Waals surface area contributed by atoms with Gasteiger partial charge in [0.15, 0.2) is 0 Å². The van der Waals surface area contributed by atoms with Crippen LogP contribution in [0.1, 0.15) is 6.42 Å². The molecule has 1 unspecified atom stereocenters. The zero-order valence-corrected chi connectivity index (χ0v) is 10.1. The highest BCUT2D eigenvalue weighted by molar-refractivity contribution is 5.82. The molecule has 1 aromatic carbocycles. The van der Waals surface area contributed by atoms with Gasteiger partial charge in [0.1, 0.15) is 11.8 Å². The normalized spacial score (nSPS) is 18.7. The molecule has 1 aliphatic rings. The van der Waals surface area contributed by atoms with Crippen LogP contribution < -0.4 is 9.64 Å². The van der Waals surface area contributed by atoms with Crippen molar-refractivity contribution in [2.75, 3.05) is 18.6 Å². The zero-order chi connectivity index (χ0) is 14.0. The number of esters is 1. The highest BCUT2D eigenvalue weighted by atomic mass is 19.4. The lowest BCUT2D eigenvalue weighted by molar-refractivity contribution is -0.274. The van der Waals surface area contributed by atoms with Gasteiger partial charge < -0.3 is 14.4 Å². The molecule has 0 amide bonds. The third kappa shape index (κ3) is 3.10. The van der Waals surface area contributed by atoms with Crippen molar-refractivity contribution in [1.82, 2.24) is 0 Å². The Balaban J connectivity index is 2.05. The summed E-state index contributed by atoms with van der Waals surface area (Å²) >= 11 is 0. The summed E-state index contributed by atoms with van der Waals surface area (Å²) in [5, 5.41) is 0. The Morgan fingerprint density at radius 2 is 1.95 bits per heavy atom. The molecule has 1 fully saturated rings. The van der Waals surface area contributed by atoms with E-state index >= 15 is 0 Å². The molecule has 4 nitrogen and oxygen atoms in total. The van der Waals surface area contributed by atoms with Gasteiger partial charge in [-0.3, -0.25) is 0 Å². The average molecular weight is 275 g/mol. The molecule has 2 rings (SSSR count). The maximum absolute atomic E-state index is 12.0. The van der Waals surface area contributed by atoms with Crippen LogP contribution in [-0.2, 0) is 9.53 Å². The van der Waals surface area contributed by atoms with Gasteiger partial charge in [-0.05, 0) is 30.7 Å². The van der Waals surface area contributed by atoms with E-state index in [0.29, 0.717) is 18.7 Å². The number of carbonyl (C=O) groups excluding carboxylic acids is 1. The van der Waals surface area contributed by atoms with Gasteiger partial charge >= 0.3 is 12.3 Å². The minimum atomic E-state index is -4.70. The van der Waals surface area contributed by atoms with E-state index in [-0.39, 0.29) is 17.8 Å². The van der Waals surface area contributed by atoms with E-state index in [1.54, 1.807) is 4.90 Å².